The van der Waals surface area contributed by atoms with E-state index in [2.05, 4.69) is 4.98 Å². The van der Waals surface area contributed by atoms with Gasteiger partial charge in [-0.15, -0.1) is 11.3 Å². The van der Waals surface area contributed by atoms with Crippen molar-refractivity contribution in [1.29, 1.82) is 0 Å². The number of thiazole rings is 1. The Balaban J connectivity index is 1.56. The molecule has 2 unspecified atom stereocenters. The van der Waals surface area contributed by atoms with Gasteiger partial charge in [0, 0.05) is 18.1 Å². The van der Waals surface area contributed by atoms with E-state index in [0.29, 0.717) is 27.3 Å². The van der Waals surface area contributed by atoms with Gasteiger partial charge in [-0.2, -0.15) is 13.2 Å². The standard InChI is InChI=1S/C28H26F3NO5S/c1-4-36-27(34)25(35-3)24(33)21-13-14-22(20-8-6-5-7-19(20)21)37-15-23-16(2)32-26(38-23)17-9-11-18(12-10-17)28(29,30)31/h5-14,24-25,33H,4,15H2,1-3H3. The summed E-state index contributed by atoms with van der Waals surface area (Å²) >= 11 is 1.35. The number of benzene rings is 3. The van der Waals surface area contributed by atoms with E-state index < -0.39 is 29.9 Å². The summed E-state index contributed by atoms with van der Waals surface area (Å²) in [6.45, 7) is 3.85. The van der Waals surface area contributed by atoms with Crippen molar-refractivity contribution in [3.63, 3.8) is 0 Å². The van der Waals surface area contributed by atoms with E-state index in [1.165, 1.54) is 30.6 Å². The average Bonchev–Trinajstić information content (AvgIpc) is 3.27. The third-order valence-electron chi connectivity index (χ3n) is 6.01. The molecule has 0 saturated heterocycles. The molecule has 2 atom stereocenters. The van der Waals surface area contributed by atoms with Gasteiger partial charge in [0.05, 0.1) is 22.7 Å². The van der Waals surface area contributed by atoms with E-state index in [1.54, 1.807) is 19.1 Å². The van der Waals surface area contributed by atoms with E-state index in [9.17, 15) is 23.1 Å². The van der Waals surface area contributed by atoms with Crippen molar-refractivity contribution in [1.82, 2.24) is 4.98 Å². The second-order valence-electron chi connectivity index (χ2n) is 8.44. The van der Waals surface area contributed by atoms with Crippen LogP contribution in [-0.4, -0.2) is 35.9 Å². The van der Waals surface area contributed by atoms with Crippen LogP contribution in [0, 0.1) is 6.92 Å². The third kappa shape index (κ3) is 5.82. The summed E-state index contributed by atoms with van der Waals surface area (Å²) < 4.78 is 55.0. The second kappa shape index (κ2) is 11.5. The van der Waals surface area contributed by atoms with Gasteiger partial charge in [0.2, 0.25) is 0 Å². The molecule has 0 saturated carbocycles. The molecule has 38 heavy (non-hydrogen) atoms. The molecule has 0 spiro atoms. The van der Waals surface area contributed by atoms with Crippen LogP contribution >= 0.6 is 11.3 Å². The summed E-state index contributed by atoms with van der Waals surface area (Å²) in [5.41, 5.74) is 1.10. The van der Waals surface area contributed by atoms with Crippen molar-refractivity contribution in [3.8, 4) is 16.3 Å². The first-order valence-electron chi connectivity index (χ1n) is 11.8. The number of hydrogen-bond acceptors (Lipinski definition) is 7. The molecule has 1 N–H and O–H groups in total. The molecule has 0 amide bonds. The van der Waals surface area contributed by atoms with Crippen molar-refractivity contribution in [2.24, 2.45) is 0 Å². The lowest BCUT2D eigenvalue weighted by Gasteiger charge is -2.22. The van der Waals surface area contributed by atoms with E-state index >= 15 is 0 Å². The molecule has 4 rings (SSSR count). The minimum atomic E-state index is -4.39. The molecule has 1 aromatic heterocycles. The number of methoxy groups -OCH3 is 1. The van der Waals surface area contributed by atoms with Crippen LogP contribution in [0.3, 0.4) is 0 Å². The fourth-order valence-electron chi connectivity index (χ4n) is 4.05. The van der Waals surface area contributed by atoms with Gasteiger partial charge < -0.3 is 19.3 Å². The molecule has 6 nitrogen and oxygen atoms in total. The minimum absolute atomic E-state index is 0.163. The van der Waals surface area contributed by atoms with Gasteiger partial charge in [-0.05, 0) is 43.0 Å². The van der Waals surface area contributed by atoms with Crippen molar-refractivity contribution in [2.75, 3.05) is 13.7 Å². The van der Waals surface area contributed by atoms with Crippen LogP contribution < -0.4 is 4.74 Å². The summed E-state index contributed by atoms with van der Waals surface area (Å²) in [5.74, 6) is -0.0954. The van der Waals surface area contributed by atoms with Crippen LogP contribution in [0.4, 0.5) is 13.2 Å². The number of ether oxygens (including phenoxy) is 3. The topological polar surface area (TPSA) is 77.9 Å². The first kappa shape index (κ1) is 27.6. The number of aliphatic hydroxyl groups excluding tert-OH is 1. The highest BCUT2D eigenvalue weighted by Crippen LogP contribution is 2.36. The first-order valence-corrected chi connectivity index (χ1v) is 12.6. The van der Waals surface area contributed by atoms with Crippen LogP contribution in [0.5, 0.6) is 5.75 Å². The molecule has 3 aromatic carbocycles. The Bertz CT molecular complexity index is 1420. The summed E-state index contributed by atoms with van der Waals surface area (Å²) in [7, 11) is 1.33. The van der Waals surface area contributed by atoms with Crippen LogP contribution in [0.1, 0.15) is 34.7 Å². The Labute approximate surface area is 221 Å². The smallest absolute Gasteiger partial charge is 0.416 e. The Morgan fingerprint density at radius 1 is 1.05 bits per heavy atom. The zero-order chi connectivity index (χ0) is 27.4. The number of carbonyl (C=O) groups is 1. The SMILES string of the molecule is CCOC(=O)C(OC)C(O)c1ccc(OCc2sc(-c3ccc(C(F)(F)F)cc3)nc2C)c2ccccc12. The largest absolute Gasteiger partial charge is 0.487 e. The fourth-order valence-corrected chi connectivity index (χ4v) is 5.03. The van der Waals surface area contributed by atoms with Crippen molar-refractivity contribution >= 4 is 28.1 Å². The lowest BCUT2D eigenvalue weighted by atomic mass is 9.96. The van der Waals surface area contributed by atoms with Gasteiger partial charge in [-0.1, -0.05) is 42.5 Å². The number of rotatable bonds is 9. The predicted octanol–water partition coefficient (Wildman–Crippen LogP) is 6.48. The molecule has 10 heteroatoms. The molecule has 0 fully saturated rings. The Morgan fingerprint density at radius 2 is 1.74 bits per heavy atom. The van der Waals surface area contributed by atoms with E-state index in [-0.39, 0.29) is 13.2 Å². The first-order chi connectivity index (χ1) is 18.1. The predicted molar refractivity (Wildman–Crippen MR) is 138 cm³/mol. The van der Waals surface area contributed by atoms with Crippen LogP contribution in [0.15, 0.2) is 60.7 Å². The normalized spacial score (nSPS) is 13.3. The van der Waals surface area contributed by atoms with Gasteiger partial charge in [0.1, 0.15) is 23.5 Å². The third-order valence-corrected chi connectivity index (χ3v) is 7.19. The lowest BCUT2D eigenvalue weighted by molar-refractivity contribution is -0.162. The second-order valence-corrected chi connectivity index (χ2v) is 9.53. The van der Waals surface area contributed by atoms with Gasteiger partial charge in [-0.25, -0.2) is 9.78 Å². The van der Waals surface area contributed by atoms with Crippen molar-refractivity contribution in [2.45, 2.75) is 38.8 Å². The van der Waals surface area contributed by atoms with Crippen LogP contribution in [0.25, 0.3) is 21.3 Å². The number of esters is 1. The quantitative estimate of drug-likeness (QED) is 0.243. The molecule has 4 aromatic rings. The van der Waals surface area contributed by atoms with Gasteiger partial charge in [0.15, 0.2) is 6.10 Å². The number of aliphatic hydroxyl groups is 1. The Morgan fingerprint density at radius 3 is 2.37 bits per heavy atom. The average molecular weight is 546 g/mol. The number of aryl methyl sites for hydroxylation is 1. The number of halogens is 3. The highest BCUT2D eigenvalue weighted by Gasteiger charge is 2.31. The molecule has 0 aliphatic rings. The molecular weight excluding hydrogens is 519 g/mol. The van der Waals surface area contributed by atoms with Gasteiger partial charge in [-0.3, -0.25) is 0 Å². The van der Waals surface area contributed by atoms with Gasteiger partial charge >= 0.3 is 12.1 Å². The molecule has 200 valence electrons. The van der Waals surface area contributed by atoms with Crippen molar-refractivity contribution in [3.05, 3.63) is 82.4 Å². The zero-order valence-electron chi connectivity index (χ0n) is 20.9. The Hall–Kier alpha value is -3.47. The zero-order valence-corrected chi connectivity index (χ0v) is 21.7. The summed E-state index contributed by atoms with van der Waals surface area (Å²) in [5, 5.41) is 13.0. The maximum atomic E-state index is 12.9. The van der Waals surface area contributed by atoms with Crippen LogP contribution in [0.2, 0.25) is 0 Å². The molecular formula is C28H26F3NO5S. The Kier molecular flexibility index (Phi) is 8.35. The molecule has 0 bridgehead atoms. The maximum absolute atomic E-state index is 12.9. The number of fused-ring (bicyclic) bond motifs is 1. The highest BCUT2D eigenvalue weighted by molar-refractivity contribution is 7.15. The molecule has 0 aliphatic heterocycles. The number of aromatic nitrogens is 1. The number of carbonyl (C=O) groups excluding carboxylic acids is 1. The monoisotopic (exact) mass is 545 g/mol. The fraction of sp³-hybridized carbons (Fsp3) is 0.286. The minimum Gasteiger partial charge on any atom is -0.487 e. The summed E-state index contributed by atoms with van der Waals surface area (Å²) in [6.07, 6.45) is -6.84. The van der Waals surface area contributed by atoms with Crippen molar-refractivity contribution < 1.29 is 37.3 Å². The molecule has 1 heterocycles. The van der Waals surface area contributed by atoms with E-state index in [4.69, 9.17) is 14.2 Å². The lowest BCUT2D eigenvalue weighted by Crippen LogP contribution is -2.32. The van der Waals surface area contributed by atoms with Gasteiger partial charge in [0.25, 0.3) is 0 Å². The number of hydrogen-bond donors (Lipinski definition) is 1. The van der Waals surface area contributed by atoms with E-state index in [1.807, 2.05) is 31.2 Å². The molecule has 0 radical (unpaired) electrons. The maximum Gasteiger partial charge on any atom is 0.416 e. The summed E-state index contributed by atoms with van der Waals surface area (Å²) in [6, 6.07) is 15.6. The van der Waals surface area contributed by atoms with Crippen LogP contribution in [-0.2, 0) is 27.1 Å². The molecule has 0 aliphatic carbocycles. The highest BCUT2D eigenvalue weighted by atomic mass is 32.1. The van der Waals surface area contributed by atoms with E-state index in [0.717, 1.165) is 28.1 Å². The number of alkyl halides is 3. The number of nitrogens with zero attached hydrogens (tertiary/aromatic N) is 1. The summed E-state index contributed by atoms with van der Waals surface area (Å²) in [4.78, 5) is 17.6.